The third-order valence-electron chi connectivity index (χ3n) is 6.56. The molecule has 4 aromatic rings. The minimum absolute atomic E-state index is 0.0686. The van der Waals surface area contributed by atoms with E-state index < -0.39 is 35.0 Å². The standard InChI is InChI=1S/C30H29F4N3O3/c1-17-12-19(10-11-22(17)23-8-6-7-9-24(23)30(32,33)34)27-35-26(36-40-27)20-13-18(14-21(31)15-20)16-37(5)25(28(38)39)29(2,3)4/h6-15,25H,16H2,1-5H3,(H,38,39). The maximum absolute atomic E-state index is 14.6. The van der Waals surface area contributed by atoms with Crippen molar-refractivity contribution in [3.05, 3.63) is 83.2 Å². The molecule has 6 nitrogen and oxygen atoms in total. The van der Waals surface area contributed by atoms with Gasteiger partial charge in [-0.3, -0.25) is 9.69 Å². The molecule has 0 fully saturated rings. The van der Waals surface area contributed by atoms with Crippen LogP contribution in [0.15, 0.2) is 65.2 Å². The van der Waals surface area contributed by atoms with Gasteiger partial charge in [0.2, 0.25) is 5.82 Å². The Labute approximate surface area is 229 Å². The number of hydrogen-bond acceptors (Lipinski definition) is 5. The first-order valence-electron chi connectivity index (χ1n) is 12.5. The third kappa shape index (κ3) is 6.22. The van der Waals surface area contributed by atoms with Crippen molar-refractivity contribution in [3.63, 3.8) is 0 Å². The molecule has 210 valence electrons. The second-order valence-corrected chi connectivity index (χ2v) is 10.9. The number of nitrogens with zero attached hydrogens (tertiary/aromatic N) is 3. The number of aryl methyl sites for hydroxylation is 1. The van der Waals surface area contributed by atoms with Crippen LogP contribution >= 0.6 is 0 Å². The first kappa shape index (κ1) is 28.9. The predicted molar refractivity (Wildman–Crippen MR) is 143 cm³/mol. The fraction of sp³-hybridized carbons (Fsp3) is 0.300. The van der Waals surface area contributed by atoms with Gasteiger partial charge in [0.1, 0.15) is 11.9 Å². The Morgan fingerprint density at radius 2 is 1.70 bits per heavy atom. The lowest BCUT2D eigenvalue weighted by Crippen LogP contribution is -2.47. The van der Waals surface area contributed by atoms with E-state index in [2.05, 4.69) is 10.1 Å². The number of halogens is 4. The number of aliphatic carboxylic acids is 1. The Bertz CT molecular complexity index is 1540. The van der Waals surface area contributed by atoms with Crippen LogP contribution in [0.3, 0.4) is 0 Å². The van der Waals surface area contributed by atoms with Gasteiger partial charge in [0.05, 0.1) is 5.56 Å². The molecule has 4 rings (SSSR count). The number of rotatable bonds is 7. The zero-order valence-corrected chi connectivity index (χ0v) is 22.7. The second-order valence-electron chi connectivity index (χ2n) is 10.9. The van der Waals surface area contributed by atoms with Gasteiger partial charge in [0, 0.05) is 17.7 Å². The molecule has 0 bridgehead atoms. The fourth-order valence-corrected chi connectivity index (χ4v) is 4.99. The molecule has 1 atom stereocenters. The highest BCUT2D eigenvalue weighted by Crippen LogP contribution is 2.39. The highest BCUT2D eigenvalue weighted by Gasteiger charge is 2.35. The smallest absolute Gasteiger partial charge is 0.417 e. The molecule has 0 aliphatic carbocycles. The van der Waals surface area contributed by atoms with E-state index in [1.165, 1.54) is 24.3 Å². The molecule has 0 aliphatic rings. The van der Waals surface area contributed by atoms with Crippen LogP contribution in [-0.4, -0.2) is 39.2 Å². The largest absolute Gasteiger partial charge is 0.480 e. The first-order valence-corrected chi connectivity index (χ1v) is 12.5. The Morgan fingerprint density at radius 3 is 2.33 bits per heavy atom. The number of carbonyl (C=O) groups is 1. The number of carboxylic acids is 1. The Kier molecular flexibility index (Phi) is 7.85. The van der Waals surface area contributed by atoms with E-state index in [-0.39, 0.29) is 23.8 Å². The zero-order valence-electron chi connectivity index (χ0n) is 22.7. The van der Waals surface area contributed by atoms with Crippen molar-refractivity contribution in [1.82, 2.24) is 15.0 Å². The van der Waals surface area contributed by atoms with Crippen molar-refractivity contribution < 1.29 is 32.0 Å². The SMILES string of the molecule is Cc1cc(-c2nc(-c3cc(F)cc(CN(C)C(C(=O)O)C(C)(C)C)c3)no2)ccc1-c1ccccc1C(F)(F)F. The molecule has 1 heterocycles. The van der Waals surface area contributed by atoms with Crippen molar-refractivity contribution in [2.24, 2.45) is 5.41 Å². The van der Waals surface area contributed by atoms with Crippen LogP contribution in [0.25, 0.3) is 34.0 Å². The molecule has 0 aliphatic heterocycles. The van der Waals surface area contributed by atoms with Gasteiger partial charge in [-0.05, 0) is 78.0 Å². The summed E-state index contributed by atoms with van der Waals surface area (Å²) in [6.07, 6.45) is -4.50. The molecule has 1 N–H and O–H groups in total. The van der Waals surface area contributed by atoms with Crippen LogP contribution in [0.2, 0.25) is 0 Å². The van der Waals surface area contributed by atoms with E-state index in [4.69, 9.17) is 4.52 Å². The van der Waals surface area contributed by atoms with Gasteiger partial charge in [-0.15, -0.1) is 0 Å². The Hall–Kier alpha value is -4.05. The molecule has 0 amide bonds. The fourth-order valence-electron chi connectivity index (χ4n) is 4.99. The van der Waals surface area contributed by atoms with Crippen LogP contribution in [-0.2, 0) is 17.5 Å². The number of benzene rings is 3. The molecular formula is C30H29F4N3O3. The van der Waals surface area contributed by atoms with E-state index in [9.17, 15) is 27.5 Å². The van der Waals surface area contributed by atoms with E-state index in [0.717, 1.165) is 6.07 Å². The highest BCUT2D eigenvalue weighted by molar-refractivity contribution is 5.75. The quantitative estimate of drug-likeness (QED) is 0.238. The molecular weight excluding hydrogens is 526 g/mol. The lowest BCUT2D eigenvalue weighted by Gasteiger charge is -2.34. The Balaban J connectivity index is 1.62. The zero-order chi connectivity index (χ0) is 29.4. The van der Waals surface area contributed by atoms with Crippen LogP contribution in [0.4, 0.5) is 17.6 Å². The molecule has 0 radical (unpaired) electrons. The number of carboxylic acid groups (broad SMARTS) is 1. The normalized spacial score (nSPS) is 13.1. The molecule has 40 heavy (non-hydrogen) atoms. The molecule has 1 unspecified atom stereocenters. The predicted octanol–water partition coefficient (Wildman–Crippen LogP) is 7.47. The van der Waals surface area contributed by atoms with Crippen LogP contribution in [0.1, 0.15) is 37.5 Å². The molecule has 0 spiro atoms. The summed E-state index contributed by atoms with van der Waals surface area (Å²) in [7, 11) is 1.67. The van der Waals surface area contributed by atoms with Gasteiger partial charge in [-0.1, -0.05) is 50.2 Å². The lowest BCUT2D eigenvalue weighted by atomic mass is 9.85. The summed E-state index contributed by atoms with van der Waals surface area (Å²) in [4.78, 5) is 17.9. The average molecular weight is 556 g/mol. The molecule has 1 aromatic heterocycles. The average Bonchev–Trinajstić information content (AvgIpc) is 3.32. The van der Waals surface area contributed by atoms with Crippen LogP contribution in [0, 0.1) is 18.2 Å². The minimum Gasteiger partial charge on any atom is -0.480 e. The second kappa shape index (κ2) is 10.8. The van der Waals surface area contributed by atoms with E-state index in [0.29, 0.717) is 27.8 Å². The maximum Gasteiger partial charge on any atom is 0.417 e. The summed E-state index contributed by atoms with van der Waals surface area (Å²) in [6, 6.07) is 13.6. The van der Waals surface area contributed by atoms with Gasteiger partial charge in [0.15, 0.2) is 0 Å². The van der Waals surface area contributed by atoms with Crippen molar-refractivity contribution in [1.29, 1.82) is 0 Å². The summed E-state index contributed by atoms with van der Waals surface area (Å²) in [5, 5.41) is 13.7. The van der Waals surface area contributed by atoms with Gasteiger partial charge in [-0.2, -0.15) is 18.2 Å². The number of likely N-dealkylation sites (N-methyl/N-ethyl adjacent to an activating group) is 1. The molecule has 0 saturated carbocycles. The van der Waals surface area contributed by atoms with Gasteiger partial charge >= 0.3 is 12.1 Å². The summed E-state index contributed by atoms with van der Waals surface area (Å²) >= 11 is 0. The molecule has 0 saturated heterocycles. The Morgan fingerprint density at radius 1 is 1.00 bits per heavy atom. The van der Waals surface area contributed by atoms with E-state index in [1.807, 2.05) is 20.8 Å². The lowest BCUT2D eigenvalue weighted by molar-refractivity contribution is -0.147. The number of aromatic nitrogens is 2. The van der Waals surface area contributed by atoms with Crippen LogP contribution in [0.5, 0.6) is 0 Å². The summed E-state index contributed by atoms with van der Waals surface area (Å²) in [5.41, 5.74) is 1.16. The van der Waals surface area contributed by atoms with Gasteiger partial charge < -0.3 is 9.63 Å². The van der Waals surface area contributed by atoms with E-state index in [1.54, 1.807) is 49.2 Å². The molecule has 10 heteroatoms. The first-order chi connectivity index (χ1) is 18.6. The van der Waals surface area contributed by atoms with Crippen molar-refractivity contribution in [2.45, 2.75) is 46.5 Å². The monoisotopic (exact) mass is 555 g/mol. The number of alkyl halides is 3. The minimum atomic E-state index is -4.50. The van der Waals surface area contributed by atoms with E-state index >= 15 is 0 Å². The molecule has 3 aromatic carbocycles. The topological polar surface area (TPSA) is 79.5 Å². The highest BCUT2D eigenvalue weighted by atomic mass is 19.4. The van der Waals surface area contributed by atoms with Crippen molar-refractivity contribution >= 4 is 5.97 Å². The summed E-state index contributed by atoms with van der Waals surface area (Å²) in [5.74, 6) is -1.28. The van der Waals surface area contributed by atoms with Crippen LogP contribution < -0.4 is 0 Å². The summed E-state index contributed by atoms with van der Waals surface area (Å²) < 4.78 is 60.6. The third-order valence-corrected chi connectivity index (χ3v) is 6.56. The summed E-state index contributed by atoms with van der Waals surface area (Å²) in [6.45, 7) is 7.33. The number of hydrogen-bond donors (Lipinski definition) is 1. The van der Waals surface area contributed by atoms with Crippen molar-refractivity contribution in [3.8, 4) is 34.0 Å². The maximum atomic E-state index is 14.6. The van der Waals surface area contributed by atoms with Crippen molar-refractivity contribution in [2.75, 3.05) is 7.05 Å². The van der Waals surface area contributed by atoms with Gasteiger partial charge in [0.25, 0.3) is 5.89 Å². The van der Waals surface area contributed by atoms with Gasteiger partial charge in [-0.25, -0.2) is 4.39 Å².